The lowest BCUT2D eigenvalue weighted by Gasteiger charge is -2.29. The summed E-state index contributed by atoms with van der Waals surface area (Å²) < 4.78 is 7.89. The summed E-state index contributed by atoms with van der Waals surface area (Å²) in [5.74, 6) is 0.150. The highest BCUT2D eigenvalue weighted by Gasteiger charge is 2.28. The number of fused-ring (bicyclic) bond motifs is 1. The molecule has 9 heteroatoms. The molecule has 2 unspecified atom stereocenters. The van der Waals surface area contributed by atoms with Gasteiger partial charge in [0.2, 0.25) is 5.91 Å². The van der Waals surface area contributed by atoms with Crippen molar-refractivity contribution in [3.8, 4) is 0 Å². The van der Waals surface area contributed by atoms with Crippen molar-refractivity contribution in [3.63, 3.8) is 0 Å². The minimum absolute atomic E-state index is 0.0673. The van der Waals surface area contributed by atoms with E-state index in [1.165, 1.54) is 6.33 Å². The van der Waals surface area contributed by atoms with Gasteiger partial charge in [-0.25, -0.2) is 15.0 Å². The number of carbonyl (C=O) groups is 1. The molecule has 4 N–H and O–H groups in total. The maximum Gasteiger partial charge on any atom is 0.248 e. The van der Waals surface area contributed by atoms with Gasteiger partial charge in [-0.15, -0.1) is 0 Å². The lowest BCUT2D eigenvalue weighted by Crippen LogP contribution is -2.42. The number of nitrogens with zero attached hydrogens (tertiary/aromatic N) is 4. The first-order valence-corrected chi connectivity index (χ1v) is 8.06. The van der Waals surface area contributed by atoms with Gasteiger partial charge in [0.1, 0.15) is 17.9 Å². The van der Waals surface area contributed by atoms with E-state index in [9.17, 15) is 4.79 Å². The number of carbonyl (C=O) groups excluding carboxylic acids is 1. The predicted molar refractivity (Wildman–Crippen MR) is 91.1 cm³/mol. The Morgan fingerprint density at radius 3 is 2.75 bits per heavy atom. The van der Waals surface area contributed by atoms with Crippen LogP contribution in [0.3, 0.4) is 0 Å². The number of aromatic nitrogens is 4. The Kier molecular flexibility index (Phi) is 6.04. The van der Waals surface area contributed by atoms with E-state index in [0.29, 0.717) is 23.4 Å². The number of likely N-dealkylation sites (N-methyl/N-ethyl adjacent to an activating group) is 2. The third kappa shape index (κ3) is 3.62. The van der Waals surface area contributed by atoms with Gasteiger partial charge in [-0.3, -0.25) is 9.36 Å². The SMILES string of the molecule is CCNC(C)[C@@H](OC(CC)C(=O)NC)n1cnc2c(N)ncnc21. The smallest absolute Gasteiger partial charge is 0.248 e. The van der Waals surface area contributed by atoms with Gasteiger partial charge in [0, 0.05) is 13.1 Å². The first-order valence-electron chi connectivity index (χ1n) is 8.06. The highest BCUT2D eigenvalue weighted by Crippen LogP contribution is 2.24. The molecule has 3 atom stereocenters. The van der Waals surface area contributed by atoms with Gasteiger partial charge in [0.25, 0.3) is 0 Å². The Bertz CT molecular complexity index is 688. The fourth-order valence-corrected chi connectivity index (χ4v) is 2.58. The van der Waals surface area contributed by atoms with Crippen LogP contribution in [0.25, 0.3) is 11.2 Å². The molecule has 2 heterocycles. The summed E-state index contributed by atoms with van der Waals surface area (Å²) in [5, 5.41) is 5.95. The van der Waals surface area contributed by atoms with Gasteiger partial charge in [0.05, 0.1) is 6.33 Å². The normalized spacial score (nSPS) is 15.2. The highest BCUT2D eigenvalue weighted by atomic mass is 16.5. The van der Waals surface area contributed by atoms with Crippen LogP contribution in [-0.2, 0) is 9.53 Å². The molecule has 0 saturated heterocycles. The minimum Gasteiger partial charge on any atom is -0.382 e. The fourth-order valence-electron chi connectivity index (χ4n) is 2.58. The molecule has 1 amide bonds. The number of anilines is 1. The molecule has 132 valence electrons. The summed E-state index contributed by atoms with van der Waals surface area (Å²) in [6.45, 7) is 6.67. The maximum absolute atomic E-state index is 12.0. The van der Waals surface area contributed by atoms with Crippen LogP contribution in [0.1, 0.15) is 33.4 Å². The zero-order valence-corrected chi connectivity index (χ0v) is 14.5. The minimum atomic E-state index is -0.572. The number of hydrogen-bond donors (Lipinski definition) is 3. The first-order chi connectivity index (χ1) is 11.5. The molecule has 0 saturated carbocycles. The average molecular weight is 335 g/mol. The van der Waals surface area contributed by atoms with Crippen LogP contribution >= 0.6 is 0 Å². The summed E-state index contributed by atoms with van der Waals surface area (Å²) in [6.07, 6.45) is 2.52. The Morgan fingerprint density at radius 1 is 1.38 bits per heavy atom. The van der Waals surface area contributed by atoms with E-state index in [4.69, 9.17) is 10.5 Å². The molecule has 2 aromatic heterocycles. The van der Waals surface area contributed by atoms with Gasteiger partial charge >= 0.3 is 0 Å². The molecule has 0 aromatic carbocycles. The molecule has 24 heavy (non-hydrogen) atoms. The van der Waals surface area contributed by atoms with Gasteiger partial charge in [-0.2, -0.15) is 0 Å². The molecule has 0 radical (unpaired) electrons. The summed E-state index contributed by atoms with van der Waals surface area (Å²) in [6, 6.07) is -0.0673. The quantitative estimate of drug-likeness (QED) is 0.640. The summed E-state index contributed by atoms with van der Waals surface area (Å²) >= 11 is 0. The van der Waals surface area contributed by atoms with Crippen LogP contribution in [-0.4, -0.2) is 51.2 Å². The van der Waals surface area contributed by atoms with Crippen molar-refractivity contribution in [1.82, 2.24) is 30.2 Å². The number of amides is 1. The van der Waals surface area contributed by atoms with E-state index < -0.39 is 12.3 Å². The Labute approximate surface area is 141 Å². The van der Waals surface area contributed by atoms with Crippen molar-refractivity contribution >= 4 is 22.9 Å². The second-order valence-electron chi connectivity index (χ2n) is 5.47. The summed E-state index contributed by atoms with van der Waals surface area (Å²) in [5.41, 5.74) is 6.94. The zero-order chi connectivity index (χ0) is 17.7. The number of hydrogen-bond acceptors (Lipinski definition) is 7. The largest absolute Gasteiger partial charge is 0.382 e. The Morgan fingerprint density at radius 2 is 2.12 bits per heavy atom. The van der Waals surface area contributed by atoms with E-state index in [1.807, 2.05) is 20.8 Å². The van der Waals surface area contributed by atoms with Crippen molar-refractivity contribution in [2.45, 2.75) is 45.6 Å². The van der Waals surface area contributed by atoms with Crippen LogP contribution in [0.15, 0.2) is 12.7 Å². The molecule has 0 aliphatic heterocycles. The molecule has 9 nitrogen and oxygen atoms in total. The Hall–Kier alpha value is -2.26. The fraction of sp³-hybridized carbons (Fsp3) is 0.600. The van der Waals surface area contributed by atoms with Crippen molar-refractivity contribution in [3.05, 3.63) is 12.7 Å². The third-order valence-electron chi connectivity index (χ3n) is 3.83. The summed E-state index contributed by atoms with van der Waals surface area (Å²) in [7, 11) is 1.59. The number of nitrogens with two attached hydrogens (primary N) is 1. The standard InChI is InChI=1S/C15H25N7O2/c1-5-10(14(23)17-4)24-15(9(3)18-6-2)22-8-21-11-12(16)19-7-20-13(11)22/h7-10,15,18H,5-6H2,1-4H3,(H,17,23)(H2,16,19,20)/t9?,10?,15-/m1/s1. The lowest BCUT2D eigenvalue weighted by molar-refractivity contribution is -0.142. The van der Waals surface area contributed by atoms with Crippen LogP contribution < -0.4 is 16.4 Å². The second kappa shape index (κ2) is 8.02. The second-order valence-corrected chi connectivity index (χ2v) is 5.47. The predicted octanol–water partition coefficient (Wildman–Crippen LogP) is 0.446. The molecule has 0 bridgehead atoms. The van der Waals surface area contributed by atoms with Crippen LogP contribution in [0.5, 0.6) is 0 Å². The number of ether oxygens (including phenoxy) is 1. The average Bonchev–Trinajstić information content (AvgIpc) is 3.00. The zero-order valence-electron chi connectivity index (χ0n) is 14.5. The monoisotopic (exact) mass is 335 g/mol. The van der Waals surface area contributed by atoms with Crippen molar-refractivity contribution in [1.29, 1.82) is 0 Å². The van der Waals surface area contributed by atoms with Gasteiger partial charge in [0.15, 0.2) is 17.7 Å². The van der Waals surface area contributed by atoms with E-state index >= 15 is 0 Å². The number of rotatable bonds is 8. The molecule has 2 aromatic rings. The van der Waals surface area contributed by atoms with Gasteiger partial charge < -0.3 is 21.1 Å². The maximum atomic E-state index is 12.0. The van der Waals surface area contributed by atoms with Crippen molar-refractivity contribution < 1.29 is 9.53 Å². The molecule has 0 aliphatic rings. The van der Waals surface area contributed by atoms with E-state index in [2.05, 4.69) is 25.6 Å². The highest BCUT2D eigenvalue weighted by molar-refractivity contribution is 5.81. The molecular weight excluding hydrogens is 310 g/mol. The third-order valence-corrected chi connectivity index (χ3v) is 3.83. The van der Waals surface area contributed by atoms with Crippen molar-refractivity contribution in [2.75, 3.05) is 19.3 Å². The Balaban J connectivity index is 2.41. The first kappa shape index (κ1) is 18.1. The molecular formula is C15H25N7O2. The number of nitrogen functional groups attached to an aromatic ring is 1. The van der Waals surface area contributed by atoms with Crippen molar-refractivity contribution in [2.24, 2.45) is 0 Å². The van der Waals surface area contributed by atoms with Gasteiger partial charge in [-0.1, -0.05) is 13.8 Å². The molecule has 2 rings (SSSR count). The number of imidazole rings is 1. The van der Waals surface area contributed by atoms with Crippen LogP contribution in [0.2, 0.25) is 0 Å². The lowest BCUT2D eigenvalue weighted by atomic mass is 10.2. The topological polar surface area (TPSA) is 120 Å². The molecule has 0 fully saturated rings. The van der Waals surface area contributed by atoms with Crippen LogP contribution in [0, 0.1) is 0 Å². The molecule has 0 aliphatic carbocycles. The number of nitrogens with one attached hydrogen (secondary N) is 2. The van der Waals surface area contributed by atoms with Crippen LogP contribution in [0.4, 0.5) is 5.82 Å². The van der Waals surface area contributed by atoms with Gasteiger partial charge in [-0.05, 0) is 19.9 Å². The van der Waals surface area contributed by atoms with E-state index in [0.717, 1.165) is 6.54 Å². The molecule has 0 spiro atoms. The summed E-state index contributed by atoms with van der Waals surface area (Å²) in [4.78, 5) is 24.5. The van der Waals surface area contributed by atoms with E-state index in [-0.39, 0.29) is 11.9 Å². The van der Waals surface area contributed by atoms with E-state index in [1.54, 1.807) is 17.9 Å².